The van der Waals surface area contributed by atoms with Crippen LogP contribution >= 0.6 is 0 Å². The van der Waals surface area contributed by atoms with E-state index in [0.717, 1.165) is 19.3 Å². The van der Waals surface area contributed by atoms with Crippen LogP contribution in [0.1, 0.15) is 52.0 Å². The van der Waals surface area contributed by atoms with Crippen molar-refractivity contribution in [3.8, 4) is 0 Å². The minimum atomic E-state index is -2.40. The molecule has 0 aromatic heterocycles. The number of aliphatic hydroxyl groups excluding tert-OH is 3. The van der Waals surface area contributed by atoms with Crippen molar-refractivity contribution in [1.82, 2.24) is 5.32 Å². The smallest absolute Gasteiger partial charge is 0.346 e. The summed E-state index contributed by atoms with van der Waals surface area (Å²) >= 11 is 0. The lowest BCUT2D eigenvalue weighted by molar-refractivity contribution is -0.166. The van der Waals surface area contributed by atoms with Gasteiger partial charge in [-0.1, -0.05) is 66.7 Å². The second-order valence-electron chi connectivity index (χ2n) is 9.85. The molecule has 2 bridgehead atoms. The number of rotatable bonds is 6. The van der Waals surface area contributed by atoms with E-state index in [1.165, 1.54) is 60.5 Å². The van der Waals surface area contributed by atoms with Gasteiger partial charge in [0.05, 0.1) is 22.8 Å². The normalized spacial score (nSPS) is 22.3. The number of esters is 4. The Bertz CT molecular complexity index is 1280. The van der Waals surface area contributed by atoms with E-state index in [4.69, 9.17) is 0 Å². The lowest BCUT2D eigenvalue weighted by Crippen LogP contribution is -2.53. The first-order chi connectivity index (χ1) is 19.7. The van der Waals surface area contributed by atoms with E-state index in [-0.39, 0.29) is 22.8 Å². The summed E-state index contributed by atoms with van der Waals surface area (Å²) in [5.74, 6) is -5.27. The van der Waals surface area contributed by atoms with Crippen LogP contribution in [0.4, 0.5) is 0 Å². The van der Waals surface area contributed by atoms with E-state index in [1.807, 2.05) is 6.07 Å². The lowest BCUT2D eigenvalue weighted by atomic mass is 9.81. The molecule has 2 unspecified atom stereocenters. The number of carbonyl (C=O) groups is 4. The summed E-state index contributed by atoms with van der Waals surface area (Å²) in [6, 6.07) is 25.9. The summed E-state index contributed by atoms with van der Waals surface area (Å²) in [6.07, 6.45) is -0.701. The maximum Gasteiger partial charge on any atom is 0.346 e. The fourth-order valence-electron chi connectivity index (χ4n) is 4.98. The number of ether oxygens (including phenoxy) is 2. The highest BCUT2D eigenvalue weighted by Crippen LogP contribution is 2.42. The Morgan fingerprint density at radius 1 is 0.683 bits per heavy atom. The summed E-state index contributed by atoms with van der Waals surface area (Å²) in [6.45, 7) is 0. The Labute approximate surface area is 236 Å². The van der Waals surface area contributed by atoms with E-state index >= 15 is 0 Å². The van der Waals surface area contributed by atoms with Crippen LogP contribution in [0.15, 0.2) is 91.0 Å². The summed E-state index contributed by atoms with van der Waals surface area (Å²) in [7, 11) is 0. The minimum Gasteiger partial charge on any atom is -0.391 e. The topological polar surface area (TPSA) is 159 Å². The zero-order valence-electron chi connectivity index (χ0n) is 22.1. The van der Waals surface area contributed by atoms with Gasteiger partial charge in [-0.05, 0) is 55.5 Å². The Balaban J connectivity index is 0.000000216. The number of fused-ring (bicyclic) bond motifs is 2. The van der Waals surface area contributed by atoms with Crippen molar-refractivity contribution < 1.29 is 44.0 Å². The molecular formula is C31H31NO9. The monoisotopic (exact) mass is 561 g/mol. The molecule has 41 heavy (non-hydrogen) atoms. The number of carbonyl (C=O) groups excluding carboxylic acids is 4. The molecule has 0 aliphatic carbocycles. The van der Waals surface area contributed by atoms with Gasteiger partial charge in [0, 0.05) is 6.04 Å². The van der Waals surface area contributed by atoms with Crippen molar-refractivity contribution in [2.45, 2.75) is 55.6 Å². The Morgan fingerprint density at radius 3 is 1.59 bits per heavy atom. The molecule has 2 fully saturated rings. The first-order valence-corrected chi connectivity index (χ1v) is 13.2. The van der Waals surface area contributed by atoms with Crippen molar-refractivity contribution in [3.63, 3.8) is 0 Å². The van der Waals surface area contributed by atoms with E-state index in [1.54, 1.807) is 12.1 Å². The van der Waals surface area contributed by atoms with Gasteiger partial charge < -0.3 is 30.1 Å². The van der Waals surface area contributed by atoms with Crippen LogP contribution in [-0.2, 0) is 24.6 Å². The van der Waals surface area contributed by atoms with E-state index < -0.39 is 36.1 Å². The second-order valence-corrected chi connectivity index (χ2v) is 9.85. The third-order valence-corrected chi connectivity index (χ3v) is 7.18. The fraction of sp³-hybridized carbons (Fsp3) is 0.290. The highest BCUT2D eigenvalue weighted by molar-refractivity contribution is 6.01. The summed E-state index contributed by atoms with van der Waals surface area (Å²) in [5.41, 5.74) is 1.16. The van der Waals surface area contributed by atoms with E-state index in [0.29, 0.717) is 6.04 Å². The van der Waals surface area contributed by atoms with Gasteiger partial charge in [0.15, 0.2) is 12.2 Å². The molecule has 10 heteroatoms. The van der Waals surface area contributed by atoms with Crippen molar-refractivity contribution >= 4 is 23.9 Å². The molecule has 2 saturated heterocycles. The van der Waals surface area contributed by atoms with Crippen LogP contribution in [0.3, 0.4) is 0 Å². The van der Waals surface area contributed by atoms with Crippen molar-refractivity contribution in [2.75, 3.05) is 0 Å². The van der Waals surface area contributed by atoms with Gasteiger partial charge >= 0.3 is 23.9 Å². The first-order valence-electron chi connectivity index (χ1n) is 13.2. The largest absolute Gasteiger partial charge is 0.391 e. The average Bonchev–Trinajstić information content (AvgIpc) is 3.39. The molecule has 4 N–H and O–H groups in total. The van der Waals surface area contributed by atoms with Crippen LogP contribution in [0, 0.1) is 0 Å². The molecule has 214 valence electrons. The van der Waals surface area contributed by atoms with Crippen LogP contribution in [0.2, 0.25) is 0 Å². The minimum absolute atomic E-state index is 0.0318. The Hall–Kier alpha value is -4.22. The summed E-state index contributed by atoms with van der Waals surface area (Å²) < 4.78 is 8.76. The predicted molar refractivity (Wildman–Crippen MR) is 145 cm³/mol. The molecule has 3 aromatic carbocycles. The van der Waals surface area contributed by atoms with Crippen molar-refractivity contribution in [1.29, 1.82) is 0 Å². The van der Waals surface area contributed by atoms with Gasteiger partial charge in [0.1, 0.15) is 0 Å². The van der Waals surface area contributed by atoms with Crippen molar-refractivity contribution in [3.05, 3.63) is 108 Å². The highest BCUT2D eigenvalue weighted by atomic mass is 16.6. The Morgan fingerprint density at radius 2 is 1.12 bits per heavy atom. The SMILES string of the molecule is O=C(OC(=O)C(O)C(O)C(=O)OC(=O)c1ccccc1)c1ccccc1.O[C@@H]1CC[C@H]2CC[C@]1(c1ccccc1)N2. The van der Waals surface area contributed by atoms with Gasteiger partial charge in [-0.2, -0.15) is 0 Å². The fourth-order valence-corrected chi connectivity index (χ4v) is 4.98. The molecule has 2 heterocycles. The van der Waals surface area contributed by atoms with E-state index in [9.17, 15) is 34.5 Å². The molecule has 0 radical (unpaired) electrons. The molecular weight excluding hydrogens is 530 g/mol. The number of hydrogen-bond donors (Lipinski definition) is 4. The number of hydrogen-bond acceptors (Lipinski definition) is 10. The number of nitrogens with one attached hydrogen (secondary N) is 1. The molecule has 0 spiro atoms. The standard InChI is InChI=1S/C18H14O8.C13H17NO/c19-13(17(23)25-15(21)11-7-3-1-4-8-11)14(20)18(24)26-16(22)12-9-5-2-6-10-12;15-12-7-6-11-8-9-13(12,14-11)10-4-2-1-3-5-10/h1-10,13-14,19-20H;1-5,11-12,14-15H,6-9H2/t;11-,12+,13+/m.0/s1. The van der Waals surface area contributed by atoms with Gasteiger partial charge in [-0.25, -0.2) is 19.2 Å². The molecule has 5 atom stereocenters. The van der Waals surface area contributed by atoms with Crippen molar-refractivity contribution in [2.24, 2.45) is 0 Å². The van der Waals surface area contributed by atoms with Crippen LogP contribution < -0.4 is 5.32 Å². The molecule has 5 rings (SSSR count). The molecule has 3 aromatic rings. The third kappa shape index (κ3) is 7.11. The highest BCUT2D eigenvalue weighted by Gasteiger charge is 2.48. The van der Waals surface area contributed by atoms with Crippen LogP contribution in [0.5, 0.6) is 0 Å². The zero-order valence-corrected chi connectivity index (χ0v) is 22.1. The summed E-state index contributed by atoms with van der Waals surface area (Å²) in [5, 5.41) is 33.2. The van der Waals surface area contributed by atoms with Gasteiger partial charge in [-0.3, -0.25) is 0 Å². The Kier molecular flexibility index (Phi) is 9.74. The molecule has 2 aliphatic rings. The number of aliphatic hydroxyl groups is 3. The van der Waals surface area contributed by atoms with Gasteiger partial charge in [0.2, 0.25) is 0 Å². The second kappa shape index (κ2) is 13.4. The zero-order chi connectivity index (χ0) is 29.4. The molecule has 2 aliphatic heterocycles. The van der Waals surface area contributed by atoms with Crippen LogP contribution in [0.25, 0.3) is 0 Å². The van der Waals surface area contributed by atoms with Gasteiger partial charge in [0.25, 0.3) is 0 Å². The maximum absolute atomic E-state index is 11.7. The average molecular weight is 562 g/mol. The number of piperidine rings is 1. The third-order valence-electron chi connectivity index (χ3n) is 7.18. The quantitative estimate of drug-likeness (QED) is 0.260. The molecule has 10 nitrogen and oxygen atoms in total. The van der Waals surface area contributed by atoms with E-state index in [2.05, 4.69) is 39.1 Å². The lowest BCUT2D eigenvalue weighted by Gasteiger charge is -2.39. The first kappa shape index (κ1) is 29.8. The maximum atomic E-state index is 11.7. The predicted octanol–water partition coefficient (Wildman–Crippen LogP) is 2.26. The van der Waals surface area contributed by atoms with Gasteiger partial charge in [-0.15, -0.1) is 0 Å². The number of benzene rings is 3. The summed E-state index contributed by atoms with van der Waals surface area (Å²) in [4.78, 5) is 46.8. The van der Waals surface area contributed by atoms with Crippen LogP contribution in [-0.4, -0.2) is 63.6 Å². The molecule has 0 saturated carbocycles. The molecule has 0 amide bonds.